The molecule has 0 amide bonds. The van der Waals surface area contributed by atoms with E-state index in [1.807, 2.05) is 0 Å². The topological polar surface area (TPSA) is 32.7 Å². The van der Waals surface area contributed by atoms with Gasteiger partial charge in [-0.15, -0.1) is 0 Å². The van der Waals surface area contributed by atoms with E-state index in [4.69, 9.17) is 4.74 Å². The maximum absolute atomic E-state index is 12.6. The molecule has 146 valence electrons. The number of hydrogen-bond acceptors (Lipinski definition) is 3. The second-order valence-electron chi connectivity index (χ2n) is 7.37. The summed E-state index contributed by atoms with van der Waals surface area (Å²) in [5.74, 6) is 0.618. The molecule has 0 aliphatic carbocycles. The molecule has 2 aromatic rings. The average molecular weight is 379 g/mol. The van der Waals surface area contributed by atoms with E-state index in [1.165, 1.54) is 25.0 Å². The lowest BCUT2D eigenvalue weighted by Gasteiger charge is -2.28. The third-order valence-corrected chi connectivity index (χ3v) is 4.71. The molecule has 1 heterocycles. The van der Waals surface area contributed by atoms with Crippen LogP contribution in [0.5, 0.6) is 5.75 Å². The summed E-state index contributed by atoms with van der Waals surface area (Å²) in [5, 5.41) is 10.5. The number of benzene rings is 2. The monoisotopic (exact) mass is 379 g/mol. The van der Waals surface area contributed by atoms with E-state index in [1.54, 1.807) is 31.2 Å². The van der Waals surface area contributed by atoms with Crippen LogP contribution in [-0.4, -0.2) is 41.8 Å². The molecule has 27 heavy (non-hydrogen) atoms. The summed E-state index contributed by atoms with van der Waals surface area (Å²) in [6, 6.07) is 12.2. The third kappa shape index (κ3) is 5.47. The van der Waals surface area contributed by atoms with Crippen molar-refractivity contribution in [1.29, 1.82) is 0 Å². The van der Waals surface area contributed by atoms with E-state index in [2.05, 4.69) is 4.90 Å². The molecule has 3 rings (SSSR count). The predicted molar refractivity (Wildman–Crippen MR) is 98.7 cm³/mol. The minimum absolute atomic E-state index is 0.184. The molecule has 0 radical (unpaired) electrons. The fourth-order valence-electron chi connectivity index (χ4n) is 3.30. The highest BCUT2D eigenvalue weighted by molar-refractivity contribution is 5.64. The molecule has 1 atom stereocenters. The summed E-state index contributed by atoms with van der Waals surface area (Å²) in [5.41, 5.74) is -0.0851. The number of hydrogen-bond donors (Lipinski definition) is 1. The van der Waals surface area contributed by atoms with E-state index in [0.29, 0.717) is 17.9 Å². The van der Waals surface area contributed by atoms with Crippen molar-refractivity contribution in [3.8, 4) is 16.9 Å². The second-order valence-corrected chi connectivity index (χ2v) is 7.37. The van der Waals surface area contributed by atoms with Crippen LogP contribution in [0.4, 0.5) is 13.2 Å². The quantitative estimate of drug-likeness (QED) is 0.796. The number of aliphatic hydroxyl groups is 1. The molecule has 3 nitrogen and oxygen atoms in total. The van der Waals surface area contributed by atoms with Crippen LogP contribution in [0, 0.1) is 0 Å². The lowest BCUT2D eigenvalue weighted by molar-refractivity contribution is -0.137. The number of alkyl halides is 3. The Hall–Kier alpha value is -2.05. The predicted octanol–water partition coefficient (Wildman–Crippen LogP) is 4.60. The lowest BCUT2D eigenvalue weighted by Crippen LogP contribution is -2.44. The maximum Gasteiger partial charge on any atom is 0.416 e. The van der Waals surface area contributed by atoms with Crippen LogP contribution in [0.25, 0.3) is 11.1 Å². The molecule has 1 N–H and O–H groups in total. The van der Waals surface area contributed by atoms with Crippen molar-refractivity contribution < 1.29 is 23.0 Å². The van der Waals surface area contributed by atoms with Crippen molar-refractivity contribution in [3.05, 3.63) is 54.1 Å². The van der Waals surface area contributed by atoms with Crippen LogP contribution in [0.3, 0.4) is 0 Å². The first-order chi connectivity index (χ1) is 12.7. The van der Waals surface area contributed by atoms with Crippen LogP contribution in [0.2, 0.25) is 0 Å². The smallest absolute Gasteiger partial charge is 0.416 e. The van der Waals surface area contributed by atoms with Gasteiger partial charge in [0.15, 0.2) is 0 Å². The van der Waals surface area contributed by atoms with Gasteiger partial charge in [-0.25, -0.2) is 0 Å². The molecule has 0 bridgehead atoms. The Morgan fingerprint density at radius 2 is 1.44 bits per heavy atom. The molecule has 1 fully saturated rings. The summed E-state index contributed by atoms with van der Waals surface area (Å²) in [6.07, 6.45) is -1.99. The van der Waals surface area contributed by atoms with Gasteiger partial charge in [-0.3, -0.25) is 0 Å². The van der Waals surface area contributed by atoms with Gasteiger partial charge in [0.2, 0.25) is 0 Å². The minimum atomic E-state index is -4.33. The fraction of sp³-hybridized carbons (Fsp3) is 0.429. The molecule has 1 aliphatic heterocycles. The van der Waals surface area contributed by atoms with Crippen molar-refractivity contribution in [2.24, 2.45) is 0 Å². The Morgan fingerprint density at radius 1 is 0.926 bits per heavy atom. The number of β-amino-alcohol motifs (C(OH)–C–C–N with tert-alkyl or cyclic N) is 1. The molecule has 6 heteroatoms. The van der Waals surface area contributed by atoms with E-state index >= 15 is 0 Å². The number of likely N-dealkylation sites (tertiary alicyclic amines) is 1. The number of nitrogens with zero attached hydrogens (tertiary/aromatic N) is 1. The zero-order valence-electron chi connectivity index (χ0n) is 15.3. The van der Waals surface area contributed by atoms with Gasteiger partial charge in [0.05, 0.1) is 5.56 Å². The van der Waals surface area contributed by atoms with Crippen molar-refractivity contribution in [3.63, 3.8) is 0 Å². The summed E-state index contributed by atoms with van der Waals surface area (Å²) in [4.78, 5) is 2.23. The molecule has 1 aliphatic rings. The van der Waals surface area contributed by atoms with Gasteiger partial charge >= 0.3 is 6.18 Å². The largest absolute Gasteiger partial charge is 0.491 e. The van der Waals surface area contributed by atoms with Gasteiger partial charge in [-0.1, -0.05) is 24.3 Å². The first-order valence-corrected chi connectivity index (χ1v) is 9.08. The SMILES string of the molecule is CC(O)(COc1ccc(-c2ccc(C(F)(F)F)cc2)cc1)CN1CCCC1. The van der Waals surface area contributed by atoms with E-state index in [0.717, 1.165) is 30.8 Å². The van der Waals surface area contributed by atoms with Crippen LogP contribution in [-0.2, 0) is 6.18 Å². The zero-order chi connectivity index (χ0) is 19.5. The molecular weight excluding hydrogens is 355 g/mol. The Kier molecular flexibility index (Phi) is 5.77. The molecule has 2 aromatic carbocycles. The highest BCUT2D eigenvalue weighted by atomic mass is 19.4. The fourth-order valence-corrected chi connectivity index (χ4v) is 3.30. The summed E-state index contributed by atoms with van der Waals surface area (Å²) in [6.45, 7) is 4.55. The minimum Gasteiger partial charge on any atom is -0.491 e. The van der Waals surface area contributed by atoms with Gasteiger partial charge in [0.25, 0.3) is 0 Å². The summed E-state index contributed by atoms with van der Waals surface area (Å²) in [7, 11) is 0. The molecule has 0 aromatic heterocycles. The number of halogens is 3. The molecule has 0 saturated carbocycles. The van der Waals surface area contributed by atoms with Crippen LogP contribution in [0.15, 0.2) is 48.5 Å². The molecule has 1 unspecified atom stereocenters. The third-order valence-electron chi connectivity index (χ3n) is 4.71. The van der Waals surface area contributed by atoms with Crippen molar-refractivity contribution >= 4 is 0 Å². The first-order valence-electron chi connectivity index (χ1n) is 9.08. The normalized spacial score (nSPS) is 17.7. The first kappa shape index (κ1) is 19.7. The molecule has 1 saturated heterocycles. The molecular formula is C21H24F3NO2. The van der Waals surface area contributed by atoms with Crippen LogP contribution < -0.4 is 4.74 Å². The van der Waals surface area contributed by atoms with Crippen molar-refractivity contribution in [2.45, 2.75) is 31.5 Å². The van der Waals surface area contributed by atoms with E-state index in [9.17, 15) is 18.3 Å². The number of ether oxygens (including phenoxy) is 1. The van der Waals surface area contributed by atoms with Gasteiger partial charge in [-0.2, -0.15) is 13.2 Å². The zero-order valence-corrected chi connectivity index (χ0v) is 15.3. The Labute approximate surface area is 157 Å². The van der Waals surface area contributed by atoms with Gasteiger partial charge in [-0.05, 0) is 68.2 Å². The van der Waals surface area contributed by atoms with Crippen molar-refractivity contribution in [2.75, 3.05) is 26.2 Å². The Morgan fingerprint density at radius 3 is 1.96 bits per heavy atom. The van der Waals surface area contributed by atoms with Crippen LogP contribution in [0.1, 0.15) is 25.3 Å². The average Bonchev–Trinajstić information content (AvgIpc) is 3.12. The van der Waals surface area contributed by atoms with Gasteiger partial charge in [0.1, 0.15) is 18.0 Å². The van der Waals surface area contributed by atoms with E-state index < -0.39 is 17.3 Å². The standard InChI is InChI=1S/C21H24F3NO2/c1-20(26,14-25-12-2-3-13-25)15-27-19-10-6-17(7-11-19)16-4-8-18(9-5-16)21(22,23)24/h4-11,26H,2-3,12-15H2,1H3. The van der Waals surface area contributed by atoms with Gasteiger partial charge < -0.3 is 14.7 Å². The summed E-state index contributed by atoms with van der Waals surface area (Å²) >= 11 is 0. The van der Waals surface area contributed by atoms with Crippen LogP contribution >= 0.6 is 0 Å². The summed E-state index contributed by atoms with van der Waals surface area (Å²) < 4.78 is 43.6. The number of rotatable bonds is 6. The Bertz CT molecular complexity index is 734. The highest BCUT2D eigenvalue weighted by Gasteiger charge is 2.30. The van der Waals surface area contributed by atoms with Gasteiger partial charge in [0, 0.05) is 6.54 Å². The Balaban J connectivity index is 1.58. The lowest BCUT2D eigenvalue weighted by atomic mass is 10.0. The maximum atomic E-state index is 12.6. The molecule has 0 spiro atoms. The van der Waals surface area contributed by atoms with Crippen molar-refractivity contribution in [1.82, 2.24) is 4.90 Å². The highest BCUT2D eigenvalue weighted by Crippen LogP contribution is 2.31. The van der Waals surface area contributed by atoms with E-state index in [-0.39, 0.29) is 6.61 Å². The second kappa shape index (κ2) is 7.90.